The van der Waals surface area contributed by atoms with Gasteiger partial charge in [0.05, 0.1) is 6.04 Å². The first-order valence-corrected chi connectivity index (χ1v) is 9.07. The molecule has 1 aliphatic heterocycles. The van der Waals surface area contributed by atoms with Gasteiger partial charge in [-0.2, -0.15) is 0 Å². The number of aryl methyl sites for hydroxylation is 1. The predicted molar refractivity (Wildman–Crippen MR) is 88.9 cm³/mol. The second-order valence-corrected chi connectivity index (χ2v) is 6.99. The van der Waals surface area contributed by atoms with Crippen molar-refractivity contribution in [2.45, 2.75) is 58.5 Å². The van der Waals surface area contributed by atoms with Crippen LogP contribution in [-0.2, 0) is 16.1 Å². The van der Waals surface area contributed by atoms with Crippen LogP contribution in [0.1, 0.15) is 57.8 Å². The van der Waals surface area contributed by atoms with Crippen LogP contribution in [0.5, 0.6) is 0 Å². The zero-order chi connectivity index (χ0) is 17.1. The zero-order valence-corrected chi connectivity index (χ0v) is 14.6. The number of nitrogens with zero attached hydrogens (tertiary/aromatic N) is 4. The van der Waals surface area contributed by atoms with Crippen LogP contribution >= 0.6 is 0 Å². The van der Waals surface area contributed by atoms with E-state index in [1.807, 2.05) is 16.4 Å². The van der Waals surface area contributed by atoms with Crippen molar-refractivity contribution in [2.24, 2.45) is 11.8 Å². The van der Waals surface area contributed by atoms with Crippen LogP contribution in [0.3, 0.4) is 0 Å². The maximum atomic E-state index is 12.5. The minimum absolute atomic E-state index is 0.0155. The summed E-state index contributed by atoms with van der Waals surface area (Å²) in [5, 5.41) is 11.2. The first-order chi connectivity index (χ1) is 11.6. The highest BCUT2D eigenvalue weighted by atomic mass is 16.2. The molecular formula is C17H27N5O2. The summed E-state index contributed by atoms with van der Waals surface area (Å²) in [6, 6.07) is -0.155. The maximum Gasteiger partial charge on any atom is 0.225 e. The summed E-state index contributed by atoms with van der Waals surface area (Å²) in [6.45, 7) is 6.30. The van der Waals surface area contributed by atoms with Gasteiger partial charge in [-0.3, -0.25) is 9.59 Å². The highest BCUT2D eigenvalue weighted by Gasteiger charge is 2.36. The molecule has 2 aliphatic rings. The van der Waals surface area contributed by atoms with Crippen LogP contribution in [0.4, 0.5) is 0 Å². The fraction of sp³-hybridized carbons (Fsp3) is 0.765. The molecule has 1 atom stereocenters. The molecule has 3 rings (SSSR count). The van der Waals surface area contributed by atoms with Gasteiger partial charge in [0.2, 0.25) is 11.8 Å². The maximum absolute atomic E-state index is 12.5. The molecule has 2 amide bonds. The van der Waals surface area contributed by atoms with Gasteiger partial charge in [0.1, 0.15) is 6.33 Å². The Morgan fingerprint density at radius 3 is 2.58 bits per heavy atom. The molecule has 2 heterocycles. The monoisotopic (exact) mass is 333 g/mol. The Labute approximate surface area is 142 Å². The zero-order valence-electron chi connectivity index (χ0n) is 14.6. The van der Waals surface area contributed by atoms with Crippen molar-refractivity contribution < 1.29 is 9.59 Å². The SMILES string of the molecule is CCCn1cnnc1[C@H](C)NC(=O)C1CCN(C(=O)C2CC2)CC1. The van der Waals surface area contributed by atoms with Crippen LogP contribution in [0, 0.1) is 11.8 Å². The van der Waals surface area contributed by atoms with Gasteiger partial charge in [-0.1, -0.05) is 6.92 Å². The molecule has 0 aromatic carbocycles. The lowest BCUT2D eigenvalue weighted by Gasteiger charge is -2.32. The van der Waals surface area contributed by atoms with E-state index < -0.39 is 0 Å². The van der Waals surface area contributed by atoms with Gasteiger partial charge in [0.15, 0.2) is 5.82 Å². The third-order valence-corrected chi connectivity index (χ3v) is 4.96. The third-order valence-electron chi connectivity index (χ3n) is 4.96. The van der Waals surface area contributed by atoms with E-state index in [9.17, 15) is 9.59 Å². The van der Waals surface area contributed by atoms with Crippen LogP contribution in [-0.4, -0.2) is 44.6 Å². The third kappa shape index (κ3) is 3.76. The number of rotatable bonds is 6. The first kappa shape index (κ1) is 16.9. The number of aromatic nitrogens is 3. The average molecular weight is 333 g/mol. The summed E-state index contributed by atoms with van der Waals surface area (Å²) in [4.78, 5) is 26.5. The van der Waals surface area contributed by atoms with E-state index >= 15 is 0 Å². The minimum Gasteiger partial charge on any atom is -0.346 e. The van der Waals surface area contributed by atoms with Crippen molar-refractivity contribution >= 4 is 11.8 Å². The summed E-state index contributed by atoms with van der Waals surface area (Å²) in [5.74, 6) is 1.40. The molecule has 1 aromatic rings. The summed E-state index contributed by atoms with van der Waals surface area (Å²) in [7, 11) is 0. The van der Waals surface area contributed by atoms with Crippen LogP contribution < -0.4 is 5.32 Å². The van der Waals surface area contributed by atoms with E-state index in [4.69, 9.17) is 0 Å². The molecular weight excluding hydrogens is 306 g/mol. The molecule has 1 aromatic heterocycles. The van der Waals surface area contributed by atoms with Crippen molar-refractivity contribution in [3.63, 3.8) is 0 Å². The predicted octanol–water partition coefficient (Wildman–Crippen LogP) is 1.51. The number of amides is 2. The number of carbonyl (C=O) groups is 2. The first-order valence-electron chi connectivity index (χ1n) is 9.07. The Morgan fingerprint density at radius 2 is 1.96 bits per heavy atom. The average Bonchev–Trinajstić information content (AvgIpc) is 3.34. The van der Waals surface area contributed by atoms with Gasteiger partial charge in [-0.25, -0.2) is 0 Å². The highest BCUT2D eigenvalue weighted by molar-refractivity contribution is 5.82. The lowest BCUT2D eigenvalue weighted by molar-refractivity contribution is -0.136. The van der Waals surface area contributed by atoms with E-state index in [0.717, 1.165) is 44.5 Å². The standard InChI is InChI=1S/C17H27N5O2/c1-3-8-22-11-18-20-15(22)12(2)19-16(23)13-6-9-21(10-7-13)17(24)14-4-5-14/h11-14H,3-10H2,1-2H3,(H,19,23)/t12-/m0/s1. The quantitative estimate of drug-likeness (QED) is 0.856. The number of carbonyl (C=O) groups excluding carboxylic acids is 2. The van der Waals surface area contributed by atoms with Gasteiger partial charge in [-0.15, -0.1) is 10.2 Å². The van der Waals surface area contributed by atoms with E-state index in [0.29, 0.717) is 13.1 Å². The molecule has 24 heavy (non-hydrogen) atoms. The second kappa shape index (κ2) is 7.32. The van der Waals surface area contributed by atoms with Crippen molar-refractivity contribution in [2.75, 3.05) is 13.1 Å². The van der Waals surface area contributed by atoms with Crippen LogP contribution in [0.2, 0.25) is 0 Å². The van der Waals surface area contributed by atoms with Crippen molar-refractivity contribution in [3.8, 4) is 0 Å². The normalized spacial score (nSPS) is 20.0. The smallest absolute Gasteiger partial charge is 0.225 e. The molecule has 1 saturated carbocycles. The molecule has 1 N–H and O–H groups in total. The molecule has 132 valence electrons. The van der Waals surface area contributed by atoms with Crippen molar-refractivity contribution in [1.29, 1.82) is 0 Å². The lowest BCUT2D eigenvalue weighted by atomic mass is 9.95. The Kier molecular flexibility index (Phi) is 5.16. The summed E-state index contributed by atoms with van der Waals surface area (Å²) in [5.41, 5.74) is 0. The molecule has 0 bridgehead atoms. The van der Waals surface area contributed by atoms with Gasteiger partial charge in [0, 0.05) is 31.5 Å². The molecule has 0 unspecified atom stereocenters. The second-order valence-electron chi connectivity index (χ2n) is 6.99. The molecule has 0 radical (unpaired) electrons. The molecule has 2 fully saturated rings. The molecule has 0 spiro atoms. The van der Waals surface area contributed by atoms with E-state index in [1.54, 1.807) is 6.33 Å². The topological polar surface area (TPSA) is 80.1 Å². The number of likely N-dealkylation sites (tertiary alicyclic amines) is 1. The van der Waals surface area contributed by atoms with Crippen LogP contribution in [0.15, 0.2) is 6.33 Å². The lowest BCUT2D eigenvalue weighted by Crippen LogP contribution is -2.44. The fourth-order valence-electron chi connectivity index (χ4n) is 3.36. The number of hydrogen-bond donors (Lipinski definition) is 1. The van der Waals surface area contributed by atoms with Gasteiger partial charge in [0.25, 0.3) is 0 Å². The van der Waals surface area contributed by atoms with E-state index in [2.05, 4.69) is 22.4 Å². The Balaban J connectivity index is 1.50. The molecule has 7 heteroatoms. The fourth-order valence-corrected chi connectivity index (χ4v) is 3.36. The largest absolute Gasteiger partial charge is 0.346 e. The minimum atomic E-state index is -0.155. The number of piperidine rings is 1. The summed E-state index contributed by atoms with van der Waals surface area (Å²) in [6.07, 6.45) is 6.28. The summed E-state index contributed by atoms with van der Waals surface area (Å²) >= 11 is 0. The molecule has 7 nitrogen and oxygen atoms in total. The van der Waals surface area contributed by atoms with Gasteiger partial charge >= 0.3 is 0 Å². The Bertz CT molecular complexity index is 588. The van der Waals surface area contributed by atoms with Crippen molar-refractivity contribution in [3.05, 3.63) is 12.2 Å². The Hall–Kier alpha value is -1.92. The van der Waals surface area contributed by atoms with Gasteiger partial charge in [-0.05, 0) is 39.0 Å². The number of hydrogen-bond acceptors (Lipinski definition) is 4. The number of nitrogens with one attached hydrogen (secondary N) is 1. The summed E-state index contributed by atoms with van der Waals surface area (Å²) < 4.78 is 1.99. The van der Waals surface area contributed by atoms with Gasteiger partial charge < -0.3 is 14.8 Å². The molecule has 1 aliphatic carbocycles. The Morgan fingerprint density at radius 1 is 1.25 bits per heavy atom. The highest BCUT2D eigenvalue weighted by Crippen LogP contribution is 2.32. The van der Waals surface area contributed by atoms with E-state index in [1.165, 1.54) is 0 Å². The molecule has 1 saturated heterocycles. The van der Waals surface area contributed by atoms with E-state index in [-0.39, 0.29) is 29.7 Å². The van der Waals surface area contributed by atoms with Crippen LogP contribution in [0.25, 0.3) is 0 Å². The van der Waals surface area contributed by atoms with Crippen molar-refractivity contribution in [1.82, 2.24) is 25.0 Å².